The molecule has 3 heterocycles. The van der Waals surface area contributed by atoms with E-state index < -0.39 is 96.9 Å². The van der Waals surface area contributed by atoms with Gasteiger partial charge in [0.25, 0.3) is 0 Å². The topological polar surface area (TPSA) is 314 Å². The molecule has 7 atom stereocenters. The molecule has 0 bridgehead atoms. The number of hydrogen-bond acceptors (Lipinski definition) is 11. The molecule has 6 amide bonds. The largest absolute Gasteiger partial charge is 0.480 e. The molecular weight excluding hydrogens is 744 g/mol. The Morgan fingerprint density at radius 3 is 2.14 bits per heavy atom. The van der Waals surface area contributed by atoms with Gasteiger partial charge < -0.3 is 62.5 Å². The van der Waals surface area contributed by atoms with Crippen molar-refractivity contribution in [3.63, 3.8) is 0 Å². The lowest BCUT2D eigenvalue weighted by Gasteiger charge is -2.31. The Balaban J connectivity index is 1.53. The number of H-pyrrole nitrogens is 2. The number of aromatic amines is 2. The SMILES string of the molecule is CC(C)C[C@@H](NC(=O)[C@H](Cc1cnc[nH]1)NC(=O)[C@H](CO)NC(=O)[C@@H](N)CO)C(=O)N1CCC[C@H]1C(=O)N[C@@H](Cc1c[nH]c2ccccc12)C(=O)N[C@@H](C)C(=O)O. The van der Waals surface area contributed by atoms with Crippen LogP contribution < -0.4 is 32.3 Å². The second-order valence-corrected chi connectivity index (χ2v) is 14.4. The Hall–Kier alpha value is -5.86. The van der Waals surface area contributed by atoms with E-state index in [-0.39, 0.29) is 38.1 Å². The molecule has 1 aliphatic heterocycles. The molecular formula is C37H52N10O10. The fourth-order valence-corrected chi connectivity index (χ4v) is 6.50. The van der Waals surface area contributed by atoms with Crippen molar-refractivity contribution in [1.29, 1.82) is 0 Å². The number of aliphatic carboxylic acids is 1. The van der Waals surface area contributed by atoms with Gasteiger partial charge in [-0.05, 0) is 43.7 Å². The summed E-state index contributed by atoms with van der Waals surface area (Å²) in [4.78, 5) is 104. The first-order valence-corrected chi connectivity index (χ1v) is 18.7. The number of aromatic nitrogens is 3. The number of nitrogens with two attached hydrogens (primary N) is 1. The van der Waals surface area contributed by atoms with Crippen molar-refractivity contribution in [2.24, 2.45) is 11.7 Å². The first-order valence-electron chi connectivity index (χ1n) is 18.7. The number of benzene rings is 1. The molecule has 0 radical (unpaired) electrons. The molecule has 310 valence electrons. The predicted octanol–water partition coefficient (Wildman–Crippen LogP) is -2.45. The molecule has 4 rings (SSSR count). The standard InChI is InChI=1S/C37H52N10O10/c1-19(2)11-28(45-33(52)27(13-22-15-39-18-41-22)43-34(53)29(17-49)46-31(50)24(38)16-48)36(55)47-10-6-9-30(47)35(54)44-26(32(51)42-20(3)37(56)57)12-21-14-40-25-8-5-4-7-23(21)25/h4-5,7-8,14-15,18-20,24,26-30,40,48-49H,6,9-13,16-17,38H2,1-3H3,(H,39,41)(H,42,51)(H,43,53)(H,44,54)(H,45,52)(H,46,50)(H,56,57)/t20-,24-,26-,27-,28+,29-,30-/m0/s1. The van der Waals surface area contributed by atoms with Crippen LogP contribution in [-0.2, 0) is 46.4 Å². The van der Waals surface area contributed by atoms with Crippen molar-refractivity contribution in [2.45, 2.75) is 95.2 Å². The first kappa shape index (κ1) is 43.9. The number of amides is 6. The number of rotatable bonds is 20. The van der Waals surface area contributed by atoms with Crippen molar-refractivity contribution in [2.75, 3.05) is 19.8 Å². The van der Waals surface area contributed by atoms with E-state index >= 15 is 0 Å². The lowest BCUT2D eigenvalue weighted by atomic mass is 10.0. The highest BCUT2D eigenvalue weighted by Gasteiger charge is 2.40. The van der Waals surface area contributed by atoms with Crippen LogP contribution in [0.15, 0.2) is 43.0 Å². The predicted molar refractivity (Wildman–Crippen MR) is 204 cm³/mol. The van der Waals surface area contributed by atoms with E-state index in [1.165, 1.54) is 24.3 Å². The summed E-state index contributed by atoms with van der Waals surface area (Å²) in [5.74, 6) is -5.96. The average Bonchev–Trinajstić information content (AvgIpc) is 3.97. The number of imidazole rings is 1. The van der Waals surface area contributed by atoms with E-state index in [0.29, 0.717) is 17.7 Å². The number of carbonyl (C=O) groups is 7. The Morgan fingerprint density at radius 1 is 0.842 bits per heavy atom. The maximum absolute atomic E-state index is 14.3. The quantitative estimate of drug-likeness (QED) is 0.0568. The van der Waals surface area contributed by atoms with E-state index in [9.17, 15) is 48.9 Å². The number of carbonyl (C=O) groups excluding carboxylic acids is 6. The monoisotopic (exact) mass is 796 g/mol. The fraction of sp³-hybridized carbons (Fsp3) is 0.514. The molecule has 1 saturated heterocycles. The van der Waals surface area contributed by atoms with Crippen LogP contribution in [0.25, 0.3) is 10.9 Å². The molecule has 0 saturated carbocycles. The number of hydrogen-bond donors (Lipinski definition) is 11. The molecule has 20 heteroatoms. The minimum Gasteiger partial charge on any atom is -0.480 e. The Kier molecular flexibility index (Phi) is 15.7. The highest BCUT2D eigenvalue weighted by Crippen LogP contribution is 2.23. The van der Waals surface area contributed by atoms with Gasteiger partial charge in [-0.2, -0.15) is 0 Å². The average molecular weight is 797 g/mol. The van der Waals surface area contributed by atoms with Crippen LogP contribution in [0, 0.1) is 5.92 Å². The second kappa shape index (κ2) is 20.3. The van der Waals surface area contributed by atoms with E-state index in [4.69, 9.17) is 5.73 Å². The van der Waals surface area contributed by atoms with Crippen LogP contribution in [0.1, 0.15) is 51.3 Å². The van der Waals surface area contributed by atoms with Crippen molar-refractivity contribution in [3.8, 4) is 0 Å². The van der Waals surface area contributed by atoms with Gasteiger partial charge >= 0.3 is 5.97 Å². The van der Waals surface area contributed by atoms with Gasteiger partial charge in [0.2, 0.25) is 35.4 Å². The first-order chi connectivity index (χ1) is 27.1. The maximum Gasteiger partial charge on any atom is 0.325 e. The van der Waals surface area contributed by atoms with Crippen molar-refractivity contribution in [3.05, 3.63) is 54.2 Å². The zero-order valence-electron chi connectivity index (χ0n) is 32.0. The van der Waals surface area contributed by atoms with Crippen molar-refractivity contribution >= 4 is 52.3 Å². The number of fused-ring (bicyclic) bond motifs is 1. The van der Waals surface area contributed by atoms with Crippen LogP contribution in [0.2, 0.25) is 0 Å². The molecule has 57 heavy (non-hydrogen) atoms. The Morgan fingerprint density at radius 2 is 1.49 bits per heavy atom. The molecule has 1 fully saturated rings. The van der Waals surface area contributed by atoms with Crippen LogP contribution in [0.4, 0.5) is 0 Å². The summed E-state index contributed by atoms with van der Waals surface area (Å²) >= 11 is 0. The smallest absolute Gasteiger partial charge is 0.325 e. The summed E-state index contributed by atoms with van der Waals surface area (Å²) in [5.41, 5.74) is 7.46. The molecule has 2 aromatic heterocycles. The summed E-state index contributed by atoms with van der Waals surface area (Å²) in [6.45, 7) is 3.56. The third kappa shape index (κ3) is 11.8. The summed E-state index contributed by atoms with van der Waals surface area (Å²) in [6.07, 6.45) is 5.22. The Labute approximate surface area is 328 Å². The van der Waals surface area contributed by atoms with Gasteiger partial charge in [0.15, 0.2) is 0 Å². The normalized spacial score (nSPS) is 17.2. The van der Waals surface area contributed by atoms with Crippen molar-refractivity contribution in [1.82, 2.24) is 46.4 Å². The number of nitrogens with zero attached hydrogens (tertiary/aromatic N) is 2. The van der Waals surface area contributed by atoms with Crippen molar-refractivity contribution < 1.29 is 48.9 Å². The second-order valence-electron chi connectivity index (χ2n) is 14.4. The minimum atomic E-state index is -1.53. The highest BCUT2D eigenvalue weighted by molar-refractivity contribution is 5.97. The molecule has 0 unspecified atom stereocenters. The summed E-state index contributed by atoms with van der Waals surface area (Å²) in [7, 11) is 0. The zero-order valence-corrected chi connectivity index (χ0v) is 32.0. The third-order valence-electron chi connectivity index (χ3n) is 9.58. The van der Waals surface area contributed by atoms with Gasteiger partial charge in [-0.3, -0.25) is 33.6 Å². The molecule has 20 nitrogen and oxygen atoms in total. The molecule has 3 aromatic rings. The number of carboxylic acids is 1. The molecule has 0 aliphatic carbocycles. The summed E-state index contributed by atoms with van der Waals surface area (Å²) < 4.78 is 0. The van der Waals surface area contributed by atoms with E-state index in [2.05, 4.69) is 41.5 Å². The van der Waals surface area contributed by atoms with Gasteiger partial charge in [-0.1, -0.05) is 32.0 Å². The van der Waals surface area contributed by atoms with Gasteiger partial charge in [0.1, 0.15) is 42.3 Å². The molecule has 12 N–H and O–H groups in total. The number of para-hydroxylation sites is 1. The van der Waals surface area contributed by atoms with E-state index in [1.807, 2.05) is 38.1 Å². The fourth-order valence-electron chi connectivity index (χ4n) is 6.50. The number of aliphatic hydroxyl groups excluding tert-OH is 2. The Bertz CT molecular complexity index is 1880. The molecule has 0 spiro atoms. The number of aliphatic hydroxyl groups is 2. The number of likely N-dealkylation sites (tertiary alicyclic amines) is 1. The molecule has 1 aliphatic rings. The van der Waals surface area contributed by atoms with Crippen LogP contribution in [0.5, 0.6) is 0 Å². The van der Waals surface area contributed by atoms with Crippen LogP contribution >= 0.6 is 0 Å². The lowest BCUT2D eigenvalue weighted by Crippen LogP contribution is -2.60. The van der Waals surface area contributed by atoms with Gasteiger partial charge in [-0.25, -0.2) is 4.98 Å². The van der Waals surface area contributed by atoms with Gasteiger partial charge in [0, 0.05) is 48.4 Å². The minimum absolute atomic E-state index is 0.0130. The van der Waals surface area contributed by atoms with Gasteiger partial charge in [-0.15, -0.1) is 0 Å². The summed E-state index contributed by atoms with van der Waals surface area (Å²) in [6, 6.07) is -1.51. The zero-order chi connectivity index (χ0) is 41.8. The third-order valence-corrected chi connectivity index (χ3v) is 9.58. The molecule has 1 aromatic carbocycles. The number of nitrogens with one attached hydrogen (secondary N) is 7. The summed E-state index contributed by atoms with van der Waals surface area (Å²) in [5, 5.41) is 41.9. The van der Waals surface area contributed by atoms with Crippen LogP contribution in [0.3, 0.4) is 0 Å². The van der Waals surface area contributed by atoms with Gasteiger partial charge in [0.05, 0.1) is 19.5 Å². The van der Waals surface area contributed by atoms with Crippen LogP contribution in [-0.4, -0.2) is 139 Å². The lowest BCUT2D eigenvalue weighted by molar-refractivity contribution is -0.143. The number of carboxylic acid groups (broad SMARTS) is 1. The van der Waals surface area contributed by atoms with E-state index in [1.54, 1.807) is 6.20 Å². The maximum atomic E-state index is 14.3. The highest BCUT2D eigenvalue weighted by atomic mass is 16.4. The van der Waals surface area contributed by atoms with E-state index in [0.717, 1.165) is 10.9 Å².